The first-order chi connectivity index (χ1) is 14.3. The van der Waals surface area contributed by atoms with Gasteiger partial charge in [-0.2, -0.15) is 0 Å². The van der Waals surface area contributed by atoms with Crippen molar-refractivity contribution in [2.45, 2.75) is 47.0 Å². The van der Waals surface area contributed by atoms with Gasteiger partial charge in [-0.3, -0.25) is 9.59 Å². The number of Topliss-reactive ketones (excluding diaryl/α,β-unsaturated/α-hetero) is 1. The molecule has 30 heavy (non-hydrogen) atoms. The zero-order valence-electron chi connectivity index (χ0n) is 18.2. The largest absolute Gasteiger partial charge is 0.468 e. The Morgan fingerprint density at radius 1 is 1.17 bits per heavy atom. The van der Waals surface area contributed by atoms with Crippen LogP contribution in [0.3, 0.4) is 0 Å². The normalized spacial score (nSPS) is 18.8. The number of nitrogens with zero attached hydrogens (tertiary/aromatic N) is 1. The SMILES string of the molecule is CCC/C(=N/OCC)C1=C(OC(=O)c2ccccc2)CC(C)(C)C(C(=O)OC)C1=O. The first kappa shape index (κ1) is 23.3. The highest BCUT2D eigenvalue weighted by atomic mass is 16.6. The molecule has 7 heteroatoms. The fourth-order valence-corrected chi connectivity index (χ4v) is 3.52. The molecule has 1 atom stereocenters. The molecule has 0 aromatic heterocycles. The number of methoxy groups -OCH3 is 1. The molecule has 2 rings (SSSR count). The van der Waals surface area contributed by atoms with Crippen molar-refractivity contribution in [3.8, 4) is 0 Å². The summed E-state index contributed by atoms with van der Waals surface area (Å²) < 4.78 is 10.6. The summed E-state index contributed by atoms with van der Waals surface area (Å²) >= 11 is 0. The van der Waals surface area contributed by atoms with Gasteiger partial charge in [0.1, 0.15) is 18.3 Å². The predicted octanol–water partition coefficient (Wildman–Crippen LogP) is 4.08. The number of ether oxygens (including phenoxy) is 2. The third-order valence-corrected chi connectivity index (χ3v) is 4.93. The second-order valence-electron chi connectivity index (χ2n) is 7.75. The Hall–Kier alpha value is -2.96. The Bertz CT molecular complexity index is 854. The molecule has 162 valence electrons. The summed E-state index contributed by atoms with van der Waals surface area (Å²) in [6.07, 6.45) is 1.32. The molecular weight excluding hydrogens is 386 g/mol. The molecule has 0 spiro atoms. The summed E-state index contributed by atoms with van der Waals surface area (Å²) in [7, 11) is 1.25. The number of hydrogen-bond donors (Lipinski definition) is 0. The van der Waals surface area contributed by atoms with E-state index in [1.807, 2.05) is 6.92 Å². The van der Waals surface area contributed by atoms with Gasteiger partial charge in [-0.25, -0.2) is 4.79 Å². The van der Waals surface area contributed by atoms with Crippen LogP contribution in [0.1, 0.15) is 57.3 Å². The number of carbonyl (C=O) groups excluding carboxylic acids is 3. The Labute approximate surface area is 177 Å². The number of ketones is 1. The first-order valence-corrected chi connectivity index (χ1v) is 10.1. The second kappa shape index (κ2) is 10.2. The molecule has 0 bridgehead atoms. The molecule has 0 fully saturated rings. The Morgan fingerprint density at radius 2 is 1.83 bits per heavy atom. The molecule has 1 aromatic rings. The molecule has 0 saturated heterocycles. The van der Waals surface area contributed by atoms with E-state index in [0.717, 1.165) is 0 Å². The minimum atomic E-state index is -1.03. The van der Waals surface area contributed by atoms with Crippen molar-refractivity contribution >= 4 is 23.4 Å². The van der Waals surface area contributed by atoms with Gasteiger partial charge >= 0.3 is 11.9 Å². The van der Waals surface area contributed by atoms with Crippen LogP contribution in [0.4, 0.5) is 0 Å². The van der Waals surface area contributed by atoms with Gasteiger partial charge in [0.15, 0.2) is 5.78 Å². The lowest BCUT2D eigenvalue weighted by molar-refractivity contribution is -0.154. The molecular formula is C23H29NO6. The zero-order valence-corrected chi connectivity index (χ0v) is 18.2. The van der Waals surface area contributed by atoms with Crippen molar-refractivity contribution in [3.05, 3.63) is 47.2 Å². The van der Waals surface area contributed by atoms with Gasteiger partial charge in [0.2, 0.25) is 0 Å². The number of esters is 2. The molecule has 0 saturated carbocycles. The second-order valence-corrected chi connectivity index (χ2v) is 7.75. The quantitative estimate of drug-likeness (QED) is 0.275. The van der Waals surface area contributed by atoms with Gasteiger partial charge in [0.05, 0.1) is 24.0 Å². The third kappa shape index (κ3) is 5.14. The van der Waals surface area contributed by atoms with E-state index in [9.17, 15) is 14.4 Å². The van der Waals surface area contributed by atoms with E-state index >= 15 is 0 Å². The van der Waals surface area contributed by atoms with Crippen LogP contribution >= 0.6 is 0 Å². The Balaban J connectivity index is 2.59. The number of benzene rings is 1. The van der Waals surface area contributed by atoms with E-state index in [4.69, 9.17) is 14.3 Å². The van der Waals surface area contributed by atoms with E-state index in [-0.39, 0.29) is 17.8 Å². The van der Waals surface area contributed by atoms with Crippen LogP contribution in [0.5, 0.6) is 0 Å². The van der Waals surface area contributed by atoms with Crippen LogP contribution in [0.25, 0.3) is 0 Å². The van der Waals surface area contributed by atoms with Crippen LogP contribution in [-0.2, 0) is 23.9 Å². The lowest BCUT2D eigenvalue weighted by atomic mass is 9.67. The van der Waals surface area contributed by atoms with Crippen LogP contribution in [0.2, 0.25) is 0 Å². The van der Waals surface area contributed by atoms with Gasteiger partial charge in [-0.15, -0.1) is 0 Å². The lowest BCUT2D eigenvalue weighted by Gasteiger charge is -2.37. The van der Waals surface area contributed by atoms with E-state index in [1.54, 1.807) is 51.1 Å². The molecule has 1 aliphatic rings. The number of allylic oxidation sites excluding steroid dienone is 2. The molecule has 7 nitrogen and oxygen atoms in total. The van der Waals surface area contributed by atoms with Crippen LogP contribution in [0, 0.1) is 11.3 Å². The molecule has 0 radical (unpaired) electrons. The van der Waals surface area contributed by atoms with Crippen LogP contribution in [-0.4, -0.2) is 37.2 Å². The van der Waals surface area contributed by atoms with E-state index in [2.05, 4.69) is 5.16 Å². The van der Waals surface area contributed by atoms with Crippen LogP contribution in [0.15, 0.2) is 46.8 Å². The summed E-state index contributed by atoms with van der Waals surface area (Å²) in [4.78, 5) is 43.8. The topological polar surface area (TPSA) is 91.3 Å². The Morgan fingerprint density at radius 3 is 2.40 bits per heavy atom. The lowest BCUT2D eigenvalue weighted by Crippen LogP contribution is -2.44. The van der Waals surface area contributed by atoms with E-state index in [0.29, 0.717) is 30.7 Å². The molecule has 1 aliphatic carbocycles. The average Bonchev–Trinajstić information content (AvgIpc) is 2.71. The van der Waals surface area contributed by atoms with Crippen molar-refractivity contribution in [2.24, 2.45) is 16.5 Å². The monoisotopic (exact) mass is 415 g/mol. The third-order valence-electron chi connectivity index (χ3n) is 4.93. The number of rotatable bonds is 8. The number of oxime groups is 1. The fraction of sp³-hybridized carbons (Fsp3) is 0.478. The van der Waals surface area contributed by atoms with Crippen molar-refractivity contribution in [1.82, 2.24) is 0 Å². The Kier molecular flexibility index (Phi) is 7.92. The average molecular weight is 415 g/mol. The molecule has 1 unspecified atom stereocenters. The first-order valence-electron chi connectivity index (χ1n) is 10.1. The number of carbonyl (C=O) groups is 3. The predicted molar refractivity (Wildman–Crippen MR) is 112 cm³/mol. The van der Waals surface area contributed by atoms with E-state index in [1.165, 1.54) is 7.11 Å². The summed E-state index contributed by atoms with van der Waals surface area (Å²) in [6, 6.07) is 8.53. The van der Waals surface area contributed by atoms with Crippen molar-refractivity contribution in [2.75, 3.05) is 13.7 Å². The van der Waals surface area contributed by atoms with Gasteiger partial charge in [-0.1, -0.05) is 50.5 Å². The molecule has 0 aliphatic heterocycles. The highest BCUT2D eigenvalue weighted by Gasteiger charge is 2.49. The van der Waals surface area contributed by atoms with Crippen LogP contribution < -0.4 is 0 Å². The highest BCUT2D eigenvalue weighted by Crippen LogP contribution is 2.43. The maximum atomic E-state index is 13.5. The summed E-state index contributed by atoms with van der Waals surface area (Å²) in [5.41, 5.74) is 0.0560. The molecule has 0 amide bonds. The minimum Gasteiger partial charge on any atom is -0.468 e. The highest BCUT2D eigenvalue weighted by molar-refractivity contribution is 6.27. The summed E-state index contributed by atoms with van der Waals surface area (Å²) in [6.45, 7) is 7.59. The zero-order chi connectivity index (χ0) is 22.3. The maximum absolute atomic E-state index is 13.5. The smallest absolute Gasteiger partial charge is 0.343 e. The minimum absolute atomic E-state index is 0.129. The van der Waals surface area contributed by atoms with Gasteiger partial charge in [0, 0.05) is 6.42 Å². The van der Waals surface area contributed by atoms with Crippen molar-refractivity contribution in [3.63, 3.8) is 0 Å². The van der Waals surface area contributed by atoms with E-state index < -0.39 is 29.1 Å². The van der Waals surface area contributed by atoms with Gasteiger partial charge < -0.3 is 14.3 Å². The van der Waals surface area contributed by atoms with Crippen molar-refractivity contribution < 1.29 is 28.7 Å². The molecule has 1 aromatic carbocycles. The van der Waals surface area contributed by atoms with Gasteiger partial charge in [0.25, 0.3) is 0 Å². The summed E-state index contributed by atoms with van der Waals surface area (Å²) in [5, 5.41) is 4.10. The molecule has 0 N–H and O–H groups in total. The number of hydrogen-bond acceptors (Lipinski definition) is 7. The maximum Gasteiger partial charge on any atom is 0.343 e. The fourth-order valence-electron chi connectivity index (χ4n) is 3.52. The summed E-state index contributed by atoms with van der Waals surface area (Å²) in [5.74, 6) is -2.49. The van der Waals surface area contributed by atoms with Crippen molar-refractivity contribution in [1.29, 1.82) is 0 Å². The van der Waals surface area contributed by atoms with Gasteiger partial charge in [-0.05, 0) is 30.9 Å². The molecule has 0 heterocycles. The standard InChI is InChI=1S/C23H29NO6/c1-6-11-16(24-29-7-2)18-17(30-21(26)15-12-9-8-10-13-15)14-23(3,4)19(20(18)25)22(27)28-5/h8-10,12-13,19H,6-7,11,14H2,1-5H3/b24-16-.